The van der Waals surface area contributed by atoms with Gasteiger partial charge in [-0.25, -0.2) is 4.39 Å². The minimum absolute atomic E-state index is 0.0303. The molecule has 2 aromatic rings. The molecule has 0 fully saturated rings. The summed E-state index contributed by atoms with van der Waals surface area (Å²) in [5.41, 5.74) is -0.228. The average Bonchev–Trinajstić information content (AvgIpc) is 2.92. The number of hydrogen-bond donors (Lipinski definition) is 1. The van der Waals surface area contributed by atoms with Gasteiger partial charge in [-0.15, -0.1) is 5.10 Å². The third kappa shape index (κ3) is 4.25. The Morgan fingerprint density at radius 3 is 2.87 bits per heavy atom. The van der Waals surface area contributed by atoms with E-state index in [9.17, 15) is 19.3 Å². The lowest BCUT2D eigenvalue weighted by Crippen LogP contribution is -2.15. The second kappa shape index (κ2) is 7.18. The Morgan fingerprint density at radius 2 is 2.30 bits per heavy atom. The summed E-state index contributed by atoms with van der Waals surface area (Å²) in [5.74, 6) is -1.14. The van der Waals surface area contributed by atoms with Crippen molar-refractivity contribution in [3.05, 3.63) is 44.8 Å². The summed E-state index contributed by atoms with van der Waals surface area (Å²) in [6, 6.07) is 4.26. The van der Waals surface area contributed by atoms with E-state index in [1.54, 1.807) is 6.07 Å². The van der Waals surface area contributed by atoms with Gasteiger partial charge in [0.05, 0.1) is 24.3 Å². The first-order chi connectivity index (χ1) is 10.9. The van der Waals surface area contributed by atoms with Gasteiger partial charge in [0.25, 0.3) is 0 Å². The lowest BCUT2D eigenvalue weighted by Gasteiger charge is -2.06. The zero-order chi connectivity index (χ0) is 17.0. The van der Waals surface area contributed by atoms with Crippen LogP contribution in [0.25, 0.3) is 0 Å². The topological polar surface area (TPSA) is 99.3 Å². The van der Waals surface area contributed by atoms with Crippen LogP contribution in [-0.2, 0) is 11.3 Å². The van der Waals surface area contributed by atoms with Crippen LogP contribution in [0.2, 0.25) is 0 Å². The van der Waals surface area contributed by atoms with E-state index in [2.05, 4.69) is 26.3 Å². The molecule has 0 spiro atoms. The highest BCUT2D eigenvalue weighted by molar-refractivity contribution is 9.10. The number of hydrogen-bond acceptors (Lipinski definition) is 5. The van der Waals surface area contributed by atoms with Crippen LogP contribution in [0.3, 0.4) is 0 Å². The smallest absolute Gasteiger partial charge is 0.350 e. The predicted molar refractivity (Wildman–Crippen MR) is 82.8 cm³/mol. The monoisotopic (exact) mass is 386 g/mol. The molecule has 0 unspecified atom stereocenters. The number of nitrogens with one attached hydrogen (secondary N) is 1. The second-order valence-corrected chi connectivity index (χ2v) is 5.38. The van der Waals surface area contributed by atoms with E-state index >= 15 is 0 Å². The summed E-state index contributed by atoms with van der Waals surface area (Å²) in [5, 5.41) is 17.1. The van der Waals surface area contributed by atoms with Crippen molar-refractivity contribution in [3.8, 4) is 5.88 Å². The number of halogens is 2. The van der Waals surface area contributed by atoms with Gasteiger partial charge < -0.3 is 10.1 Å². The Hall–Kier alpha value is -2.49. The minimum atomic E-state index is -0.625. The number of carbonyl (C=O) groups is 1. The summed E-state index contributed by atoms with van der Waals surface area (Å²) in [4.78, 5) is 22.0. The molecule has 1 aromatic carbocycles. The van der Waals surface area contributed by atoms with Crippen LogP contribution >= 0.6 is 15.9 Å². The maximum atomic E-state index is 13.6. The third-order valence-electron chi connectivity index (χ3n) is 2.87. The summed E-state index contributed by atoms with van der Waals surface area (Å²) < 4.78 is 20.2. The number of rotatable bonds is 6. The van der Waals surface area contributed by atoms with Crippen LogP contribution in [-0.4, -0.2) is 27.7 Å². The number of aryl methyl sites for hydroxylation is 1. The van der Waals surface area contributed by atoms with Crippen molar-refractivity contribution in [3.63, 3.8) is 0 Å². The number of amides is 1. The van der Waals surface area contributed by atoms with Crippen molar-refractivity contribution in [2.75, 3.05) is 12.4 Å². The molecule has 0 atom stereocenters. The first-order valence-electron chi connectivity index (χ1n) is 6.41. The van der Waals surface area contributed by atoms with Crippen LogP contribution in [0.5, 0.6) is 5.88 Å². The quantitative estimate of drug-likeness (QED) is 0.607. The van der Waals surface area contributed by atoms with E-state index in [0.29, 0.717) is 4.47 Å². The largest absolute Gasteiger partial charge is 0.475 e. The predicted octanol–water partition coefficient (Wildman–Crippen LogP) is 2.73. The normalized spacial score (nSPS) is 10.4. The highest BCUT2D eigenvalue weighted by Crippen LogP contribution is 2.24. The fraction of sp³-hybridized carbons (Fsp3) is 0.231. The molecule has 122 valence electrons. The van der Waals surface area contributed by atoms with E-state index in [-0.39, 0.29) is 30.2 Å². The summed E-state index contributed by atoms with van der Waals surface area (Å²) in [6.07, 6.45) is 1.14. The maximum Gasteiger partial charge on any atom is 0.350 e. The molecule has 0 aliphatic carbocycles. The van der Waals surface area contributed by atoms with Gasteiger partial charge in [-0.05, 0) is 18.2 Å². The molecule has 1 N–H and O–H groups in total. The molecular formula is C13H12BrFN4O4. The van der Waals surface area contributed by atoms with Crippen molar-refractivity contribution in [1.82, 2.24) is 9.78 Å². The number of anilines is 1. The lowest BCUT2D eigenvalue weighted by molar-refractivity contribution is -0.385. The average molecular weight is 387 g/mol. The van der Waals surface area contributed by atoms with Gasteiger partial charge in [-0.2, -0.15) is 0 Å². The van der Waals surface area contributed by atoms with E-state index in [4.69, 9.17) is 4.74 Å². The van der Waals surface area contributed by atoms with Gasteiger partial charge in [0.2, 0.25) is 5.91 Å². The van der Waals surface area contributed by atoms with Crippen LogP contribution in [0.15, 0.2) is 28.9 Å². The number of methoxy groups -OCH3 is 1. The summed E-state index contributed by atoms with van der Waals surface area (Å²) in [6.45, 7) is 0.0914. The first-order valence-corrected chi connectivity index (χ1v) is 7.20. The van der Waals surface area contributed by atoms with Crippen LogP contribution < -0.4 is 10.1 Å². The SMILES string of the molecule is COc1nn(CCC(=O)Nc2ccc(Br)cc2F)cc1[N+](=O)[O-]. The standard InChI is InChI=1S/C13H12BrFN4O4/c1-23-13-11(19(21)22)7-18(17-13)5-4-12(20)16-10-3-2-8(14)6-9(10)15/h2-3,6-7H,4-5H2,1H3,(H,16,20). The molecule has 2 rings (SSSR count). The van der Waals surface area contributed by atoms with Gasteiger partial charge in [0.1, 0.15) is 12.0 Å². The molecule has 0 radical (unpaired) electrons. The Balaban J connectivity index is 1.98. The van der Waals surface area contributed by atoms with Crippen molar-refractivity contribution < 1.29 is 18.8 Å². The highest BCUT2D eigenvalue weighted by Gasteiger charge is 2.20. The van der Waals surface area contributed by atoms with E-state index < -0.39 is 16.6 Å². The fourth-order valence-corrected chi connectivity index (χ4v) is 2.13. The molecule has 0 bridgehead atoms. The van der Waals surface area contributed by atoms with Gasteiger partial charge in [0, 0.05) is 10.9 Å². The van der Waals surface area contributed by atoms with Gasteiger partial charge >= 0.3 is 11.6 Å². The van der Waals surface area contributed by atoms with Crippen LogP contribution in [0, 0.1) is 15.9 Å². The number of aromatic nitrogens is 2. The number of ether oxygens (including phenoxy) is 1. The molecule has 1 amide bonds. The fourth-order valence-electron chi connectivity index (χ4n) is 1.80. The zero-order valence-electron chi connectivity index (χ0n) is 12.0. The molecule has 10 heteroatoms. The minimum Gasteiger partial charge on any atom is -0.475 e. The van der Waals surface area contributed by atoms with Crippen LogP contribution in [0.1, 0.15) is 6.42 Å². The molecule has 1 heterocycles. The number of carbonyl (C=O) groups excluding carboxylic acids is 1. The Morgan fingerprint density at radius 1 is 1.57 bits per heavy atom. The lowest BCUT2D eigenvalue weighted by atomic mass is 10.3. The number of nitrogens with zero attached hydrogens (tertiary/aromatic N) is 3. The molecule has 0 saturated heterocycles. The molecule has 0 aliphatic heterocycles. The Bertz CT molecular complexity index is 750. The molecular weight excluding hydrogens is 375 g/mol. The van der Waals surface area contributed by atoms with E-state index in [1.165, 1.54) is 30.1 Å². The summed E-state index contributed by atoms with van der Waals surface area (Å²) >= 11 is 3.12. The zero-order valence-corrected chi connectivity index (χ0v) is 13.5. The molecule has 1 aromatic heterocycles. The maximum absolute atomic E-state index is 13.6. The van der Waals surface area contributed by atoms with Crippen molar-refractivity contribution in [2.45, 2.75) is 13.0 Å². The highest BCUT2D eigenvalue weighted by atomic mass is 79.9. The van der Waals surface area contributed by atoms with Gasteiger partial charge in [-0.3, -0.25) is 19.6 Å². The number of benzene rings is 1. The second-order valence-electron chi connectivity index (χ2n) is 4.47. The van der Waals surface area contributed by atoms with Crippen molar-refractivity contribution in [1.29, 1.82) is 0 Å². The van der Waals surface area contributed by atoms with Gasteiger partial charge in [0.15, 0.2) is 0 Å². The van der Waals surface area contributed by atoms with Crippen molar-refractivity contribution in [2.24, 2.45) is 0 Å². The van der Waals surface area contributed by atoms with Crippen molar-refractivity contribution >= 4 is 33.2 Å². The van der Waals surface area contributed by atoms with E-state index in [1.807, 2.05) is 0 Å². The summed E-state index contributed by atoms with van der Waals surface area (Å²) in [7, 11) is 1.27. The Kier molecular flexibility index (Phi) is 5.27. The van der Waals surface area contributed by atoms with Crippen LogP contribution in [0.4, 0.5) is 15.8 Å². The molecule has 8 nitrogen and oxygen atoms in total. The number of nitro groups is 1. The molecule has 0 saturated carbocycles. The molecule has 23 heavy (non-hydrogen) atoms. The third-order valence-corrected chi connectivity index (χ3v) is 3.37. The van der Waals surface area contributed by atoms with Gasteiger partial charge in [-0.1, -0.05) is 15.9 Å². The van der Waals surface area contributed by atoms with E-state index in [0.717, 1.165) is 0 Å². The Labute approximate surface area is 138 Å². The first kappa shape index (κ1) is 16.9. The molecule has 0 aliphatic rings.